The standard InChI is InChI=1S/C13H17F3N2O3/c1-21-5-4-17-6-12(15)7-18(8-13(12,16)10(17)20)9(19)11(14)2-3-11/h2-8H2,1H3/t12-,13-/m1/s1. The number of carbonyl (C=O) groups excluding carboxylic acids is 2. The molecular weight excluding hydrogens is 289 g/mol. The Kier molecular flexibility index (Phi) is 3.02. The summed E-state index contributed by atoms with van der Waals surface area (Å²) >= 11 is 0. The number of ether oxygens (including phenoxy) is 1. The smallest absolute Gasteiger partial charge is 0.265 e. The Hall–Kier alpha value is -1.31. The lowest BCUT2D eigenvalue weighted by molar-refractivity contribution is -0.142. The van der Waals surface area contributed by atoms with Gasteiger partial charge in [0.1, 0.15) is 0 Å². The van der Waals surface area contributed by atoms with Gasteiger partial charge in [-0.25, -0.2) is 13.2 Å². The molecule has 2 amide bonds. The van der Waals surface area contributed by atoms with Crippen molar-refractivity contribution in [2.75, 3.05) is 39.9 Å². The van der Waals surface area contributed by atoms with E-state index in [2.05, 4.69) is 0 Å². The quantitative estimate of drug-likeness (QED) is 0.747. The molecule has 1 saturated carbocycles. The van der Waals surface area contributed by atoms with Crippen molar-refractivity contribution in [3.8, 4) is 0 Å². The second kappa shape index (κ2) is 4.34. The van der Waals surface area contributed by atoms with Crippen molar-refractivity contribution in [3.63, 3.8) is 0 Å². The number of halogens is 3. The first-order valence-electron chi connectivity index (χ1n) is 6.90. The maximum absolute atomic E-state index is 14.8. The lowest BCUT2D eigenvalue weighted by atomic mass is 9.93. The predicted octanol–water partition coefficient (Wildman–Crippen LogP) is 0.236. The molecule has 21 heavy (non-hydrogen) atoms. The van der Waals surface area contributed by atoms with Crippen molar-refractivity contribution in [3.05, 3.63) is 0 Å². The summed E-state index contributed by atoms with van der Waals surface area (Å²) in [4.78, 5) is 25.8. The fraction of sp³-hybridized carbons (Fsp3) is 0.846. The van der Waals surface area contributed by atoms with E-state index >= 15 is 0 Å². The van der Waals surface area contributed by atoms with Gasteiger partial charge < -0.3 is 14.5 Å². The third-order valence-electron chi connectivity index (χ3n) is 4.55. The maximum atomic E-state index is 14.8. The number of amides is 2. The molecule has 0 unspecified atom stereocenters. The monoisotopic (exact) mass is 306 g/mol. The van der Waals surface area contributed by atoms with Crippen molar-refractivity contribution in [1.29, 1.82) is 0 Å². The minimum absolute atomic E-state index is 0.0782. The molecule has 2 saturated heterocycles. The van der Waals surface area contributed by atoms with Crippen LogP contribution in [0.15, 0.2) is 0 Å². The molecule has 0 aromatic heterocycles. The Morgan fingerprint density at radius 2 is 1.90 bits per heavy atom. The highest BCUT2D eigenvalue weighted by molar-refractivity contribution is 5.94. The molecule has 2 heterocycles. The fourth-order valence-electron chi connectivity index (χ4n) is 3.08. The Labute approximate surface area is 120 Å². The van der Waals surface area contributed by atoms with Gasteiger partial charge in [0, 0.05) is 13.7 Å². The Balaban J connectivity index is 1.77. The second-order valence-electron chi connectivity index (χ2n) is 6.11. The minimum Gasteiger partial charge on any atom is -0.383 e. The fourth-order valence-corrected chi connectivity index (χ4v) is 3.08. The topological polar surface area (TPSA) is 49.9 Å². The zero-order valence-electron chi connectivity index (χ0n) is 11.7. The van der Waals surface area contributed by atoms with E-state index in [1.54, 1.807) is 0 Å². The molecule has 0 radical (unpaired) electrons. The largest absolute Gasteiger partial charge is 0.383 e. The number of carbonyl (C=O) groups is 2. The zero-order chi connectivity index (χ0) is 15.5. The molecule has 2 atom stereocenters. The van der Waals surface area contributed by atoms with E-state index < -0.39 is 48.5 Å². The van der Waals surface area contributed by atoms with Crippen LogP contribution in [0, 0.1) is 0 Å². The van der Waals surface area contributed by atoms with Crippen LogP contribution in [0.3, 0.4) is 0 Å². The first-order chi connectivity index (χ1) is 9.76. The van der Waals surface area contributed by atoms with Gasteiger partial charge in [-0.2, -0.15) is 0 Å². The number of rotatable bonds is 4. The van der Waals surface area contributed by atoms with Crippen LogP contribution >= 0.6 is 0 Å². The van der Waals surface area contributed by atoms with E-state index in [0.29, 0.717) is 0 Å². The highest BCUT2D eigenvalue weighted by atomic mass is 19.2. The first kappa shape index (κ1) is 14.6. The summed E-state index contributed by atoms with van der Waals surface area (Å²) in [5.41, 5.74) is -7.23. The van der Waals surface area contributed by atoms with Crippen LogP contribution in [0.2, 0.25) is 0 Å². The third kappa shape index (κ3) is 1.95. The molecule has 8 heteroatoms. The number of nitrogens with zero attached hydrogens (tertiary/aromatic N) is 2. The van der Waals surface area contributed by atoms with Crippen molar-refractivity contribution < 1.29 is 27.5 Å². The number of hydrogen-bond acceptors (Lipinski definition) is 3. The summed E-state index contributed by atoms with van der Waals surface area (Å²) in [6.45, 7) is -1.46. The zero-order valence-corrected chi connectivity index (χ0v) is 11.7. The Morgan fingerprint density at radius 3 is 2.43 bits per heavy atom. The van der Waals surface area contributed by atoms with Gasteiger partial charge in [0.2, 0.25) is 5.67 Å². The number of likely N-dealkylation sites (tertiary alicyclic amines) is 2. The van der Waals surface area contributed by atoms with Gasteiger partial charge in [0.05, 0.1) is 26.2 Å². The average Bonchev–Trinajstić information content (AvgIpc) is 3.08. The van der Waals surface area contributed by atoms with E-state index in [-0.39, 0.29) is 26.0 Å². The van der Waals surface area contributed by atoms with Gasteiger partial charge >= 0.3 is 0 Å². The average molecular weight is 306 g/mol. The second-order valence-corrected chi connectivity index (χ2v) is 6.11. The molecule has 0 aromatic rings. The molecule has 118 valence electrons. The number of fused-ring (bicyclic) bond motifs is 1. The molecule has 3 aliphatic rings. The molecule has 3 fully saturated rings. The number of methoxy groups -OCH3 is 1. The minimum atomic E-state index is -2.78. The summed E-state index contributed by atoms with van der Waals surface area (Å²) < 4.78 is 48.2. The molecule has 0 aromatic carbocycles. The van der Waals surface area contributed by atoms with Gasteiger partial charge in [-0.3, -0.25) is 9.59 Å². The van der Waals surface area contributed by atoms with Crippen molar-refractivity contribution in [1.82, 2.24) is 9.80 Å². The number of alkyl halides is 3. The maximum Gasteiger partial charge on any atom is 0.265 e. The van der Waals surface area contributed by atoms with E-state index in [4.69, 9.17) is 4.74 Å². The van der Waals surface area contributed by atoms with E-state index in [1.807, 2.05) is 0 Å². The van der Waals surface area contributed by atoms with E-state index in [9.17, 15) is 22.8 Å². The lowest BCUT2D eigenvalue weighted by Crippen LogP contribution is -2.48. The van der Waals surface area contributed by atoms with Crippen LogP contribution in [-0.2, 0) is 14.3 Å². The van der Waals surface area contributed by atoms with Crippen LogP contribution in [0.1, 0.15) is 12.8 Å². The van der Waals surface area contributed by atoms with Gasteiger partial charge in [-0.15, -0.1) is 0 Å². The highest BCUT2D eigenvalue weighted by Gasteiger charge is 2.72. The molecule has 5 nitrogen and oxygen atoms in total. The highest BCUT2D eigenvalue weighted by Crippen LogP contribution is 2.48. The summed E-state index contributed by atoms with van der Waals surface area (Å²) in [6.07, 6.45) is 0.156. The van der Waals surface area contributed by atoms with Crippen molar-refractivity contribution >= 4 is 11.8 Å². The van der Waals surface area contributed by atoms with Crippen LogP contribution in [-0.4, -0.2) is 78.5 Å². The van der Waals surface area contributed by atoms with Crippen LogP contribution in [0.4, 0.5) is 13.2 Å². The first-order valence-corrected chi connectivity index (χ1v) is 6.90. The van der Waals surface area contributed by atoms with Crippen LogP contribution in [0.25, 0.3) is 0 Å². The summed E-state index contributed by atoms with van der Waals surface area (Å²) in [6, 6.07) is 0. The lowest BCUT2D eigenvalue weighted by Gasteiger charge is -2.23. The normalized spacial score (nSPS) is 37.0. The van der Waals surface area contributed by atoms with Crippen molar-refractivity contribution in [2.45, 2.75) is 29.8 Å². The molecular formula is C13H17F3N2O3. The predicted molar refractivity (Wildman–Crippen MR) is 65.8 cm³/mol. The Bertz CT molecular complexity index is 499. The molecule has 2 aliphatic heterocycles. The molecule has 0 bridgehead atoms. The molecule has 0 N–H and O–H groups in total. The van der Waals surface area contributed by atoms with Gasteiger partial charge in [0.25, 0.3) is 11.8 Å². The summed E-state index contributed by atoms with van der Waals surface area (Å²) in [5, 5.41) is 0. The summed E-state index contributed by atoms with van der Waals surface area (Å²) in [5.74, 6) is -1.89. The molecule has 3 rings (SSSR count). The van der Waals surface area contributed by atoms with Gasteiger partial charge in [-0.1, -0.05) is 0 Å². The molecule has 0 spiro atoms. The Morgan fingerprint density at radius 1 is 1.24 bits per heavy atom. The van der Waals surface area contributed by atoms with Crippen LogP contribution < -0.4 is 0 Å². The molecule has 1 aliphatic carbocycles. The van der Waals surface area contributed by atoms with Gasteiger partial charge in [0.15, 0.2) is 11.3 Å². The third-order valence-corrected chi connectivity index (χ3v) is 4.55. The SMILES string of the molecule is COCCN1C[C@@]2(F)CN(C(=O)C3(F)CC3)C[C@@]2(F)C1=O. The van der Waals surface area contributed by atoms with Crippen molar-refractivity contribution in [2.24, 2.45) is 0 Å². The number of hydrogen-bond donors (Lipinski definition) is 0. The summed E-state index contributed by atoms with van der Waals surface area (Å²) in [7, 11) is 1.43. The van der Waals surface area contributed by atoms with E-state index in [0.717, 1.165) is 9.80 Å². The van der Waals surface area contributed by atoms with Crippen LogP contribution in [0.5, 0.6) is 0 Å². The van der Waals surface area contributed by atoms with Gasteiger partial charge in [-0.05, 0) is 12.8 Å². The van der Waals surface area contributed by atoms with E-state index in [1.165, 1.54) is 7.11 Å².